The fraction of sp³-hybridized carbons (Fsp3) is 0.200. The largest absolute Gasteiger partial charge is 0.309 e. The van der Waals surface area contributed by atoms with Crippen molar-refractivity contribution in [3.63, 3.8) is 0 Å². The number of H-pyrrole nitrogens is 1. The van der Waals surface area contributed by atoms with E-state index < -0.39 is 0 Å². The molecule has 0 saturated carbocycles. The number of benzene rings is 2. The topological polar surface area (TPSA) is 80.6 Å². The molecule has 7 heteroatoms. The Labute approximate surface area is 159 Å². The highest BCUT2D eigenvalue weighted by molar-refractivity contribution is 7.98. The Morgan fingerprint density at radius 2 is 1.59 bits per heavy atom. The zero-order chi connectivity index (χ0) is 19.0. The zero-order valence-corrected chi connectivity index (χ0v) is 15.8. The molecular formula is C20H18N4O2S. The van der Waals surface area contributed by atoms with E-state index >= 15 is 0 Å². The van der Waals surface area contributed by atoms with E-state index in [0.717, 1.165) is 0 Å². The van der Waals surface area contributed by atoms with Gasteiger partial charge in [0.25, 0.3) is 11.1 Å². The van der Waals surface area contributed by atoms with Crippen molar-refractivity contribution in [1.82, 2.24) is 19.5 Å². The molecule has 27 heavy (non-hydrogen) atoms. The second-order valence-electron chi connectivity index (χ2n) is 6.50. The molecule has 0 aliphatic carbocycles. The number of hydrogen-bond acceptors (Lipinski definition) is 5. The summed E-state index contributed by atoms with van der Waals surface area (Å²) in [5.74, 6) is 0.971. The van der Waals surface area contributed by atoms with E-state index in [2.05, 4.69) is 15.0 Å². The molecule has 0 amide bonds. The number of aromatic nitrogens is 4. The molecule has 0 unspecified atom stereocenters. The van der Waals surface area contributed by atoms with Gasteiger partial charge in [0.1, 0.15) is 5.82 Å². The predicted molar refractivity (Wildman–Crippen MR) is 108 cm³/mol. The van der Waals surface area contributed by atoms with E-state index in [9.17, 15) is 9.59 Å². The van der Waals surface area contributed by atoms with Gasteiger partial charge in [-0.25, -0.2) is 9.97 Å². The summed E-state index contributed by atoms with van der Waals surface area (Å²) in [4.78, 5) is 37.1. The van der Waals surface area contributed by atoms with Crippen LogP contribution < -0.4 is 11.1 Å². The maximum absolute atomic E-state index is 12.9. The summed E-state index contributed by atoms with van der Waals surface area (Å²) in [6, 6.07) is 14.5. The van der Waals surface area contributed by atoms with Crippen molar-refractivity contribution in [1.29, 1.82) is 0 Å². The first-order valence-corrected chi connectivity index (χ1v) is 9.65. The molecule has 0 atom stereocenters. The molecule has 2 heterocycles. The van der Waals surface area contributed by atoms with Crippen LogP contribution in [0.1, 0.15) is 25.7 Å². The summed E-state index contributed by atoms with van der Waals surface area (Å²) < 4.78 is 1.69. The van der Waals surface area contributed by atoms with Crippen molar-refractivity contribution >= 4 is 33.6 Å². The van der Waals surface area contributed by atoms with Gasteiger partial charge >= 0.3 is 0 Å². The molecule has 4 aromatic rings. The van der Waals surface area contributed by atoms with Gasteiger partial charge in [0.15, 0.2) is 5.16 Å². The minimum absolute atomic E-state index is 0.0271. The standard InChI is InChI=1S/C20H18N4O2S/c1-12(2)24-19(26)14-8-4-6-10-16(14)22-20(24)27-11-17-21-15-9-5-3-7-13(15)18(25)23-17/h3-10,12H,11H2,1-2H3,(H,21,23,25). The van der Waals surface area contributed by atoms with Crippen molar-refractivity contribution in [3.05, 3.63) is 75.1 Å². The molecule has 2 aromatic carbocycles. The maximum atomic E-state index is 12.9. The Bertz CT molecular complexity index is 1260. The van der Waals surface area contributed by atoms with Gasteiger partial charge in [-0.2, -0.15) is 0 Å². The van der Waals surface area contributed by atoms with Crippen LogP contribution in [0.4, 0.5) is 0 Å². The third-order valence-corrected chi connectivity index (χ3v) is 5.26. The van der Waals surface area contributed by atoms with Crippen LogP contribution in [0.2, 0.25) is 0 Å². The highest BCUT2D eigenvalue weighted by Crippen LogP contribution is 2.23. The molecule has 6 nitrogen and oxygen atoms in total. The first-order valence-electron chi connectivity index (χ1n) is 8.66. The molecule has 136 valence electrons. The van der Waals surface area contributed by atoms with E-state index in [-0.39, 0.29) is 17.2 Å². The van der Waals surface area contributed by atoms with Crippen molar-refractivity contribution in [2.24, 2.45) is 0 Å². The van der Waals surface area contributed by atoms with Crippen molar-refractivity contribution in [3.8, 4) is 0 Å². The molecule has 0 radical (unpaired) electrons. The second-order valence-corrected chi connectivity index (χ2v) is 7.44. The SMILES string of the molecule is CC(C)n1c(SCc2nc3ccccc3c(=O)[nH]2)nc2ccccc2c1=O. The van der Waals surface area contributed by atoms with Crippen LogP contribution >= 0.6 is 11.8 Å². The van der Waals surface area contributed by atoms with E-state index in [0.29, 0.717) is 38.5 Å². The van der Waals surface area contributed by atoms with Gasteiger partial charge in [-0.3, -0.25) is 14.2 Å². The Morgan fingerprint density at radius 3 is 2.30 bits per heavy atom. The predicted octanol–water partition coefficient (Wildman–Crippen LogP) is 3.51. The van der Waals surface area contributed by atoms with E-state index in [1.807, 2.05) is 50.2 Å². The van der Waals surface area contributed by atoms with Crippen LogP contribution in [0.5, 0.6) is 0 Å². The monoisotopic (exact) mass is 378 g/mol. The van der Waals surface area contributed by atoms with Gasteiger partial charge in [0.2, 0.25) is 0 Å². The molecule has 0 bridgehead atoms. The number of para-hydroxylation sites is 2. The minimum atomic E-state index is -0.163. The van der Waals surface area contributed by atoms with E-state index in [1.54, 1.807) is 16.7 Å². The highest BCUT2D eigenvalue weighted by Gasteiger charge is 2.14. The maximum Gasteiger partial charge on any atom is 0.262 e. The lowest BCUT2D eigenvalue weighted by Crippen LogP contribution is -2.25. The lowest BCUT2D eigenvalue weighted by molar-refractivity contribution is 0.519. The molecule has 4 rings (SSSR count). The van der Waals surface area contributed by atoms with Crippen LogP contribution in [-0.4, -0.2) is 19.5 Å². The number of hydrogen-bond donors (Lipinski definition) is 1. The number of aromatic amines is 1. The van der Waals surface area contributed by atoms with Gasteiger partial charge in [-0.05, 0) is 38.1 Å². The lowest BCUT2D eigenvalue weighted by atomic mass is 10.2. The van der Waals surface area contributed by atoms with Crippen LogP contribution in [-0.2, 0) is 5.75 Å². The molecule has 0 saturated heterocycles. The summed E-state index contributed by atoms with van der Waals surface area (Å²) >= 11 is 1.39. The molecule has 0 fully saturated rings. The Kier molecular flexibility index (Phi) is 4.53. The molecule has 0 aliphatic rings. The minimum Gasteiger partial charge on any atom is -0.309 e. The summed E-state index contributed by atoms with van der Waals surface area (Å²) in [5, 5.41) is 1.78. The van der Waals surface area contributed by atoms with Gasteiger partial charge in [-0.15, -0.1) is 0 Å². The van der Waals surface area contributed by atoms with E-state index in [1.165, 1.54) is 11.8 Å². The zero-order valence-electron chi connectivity index (χ0n) is 15.0. The summed E-state index contributed by atoms with van der Waals surface area (Å²) in [7, 11) is 0. The first-order chi connectivity index (χ1) is 13.0. The molecule has 0 spiro atoms. The van der Waals surface area contributed by atoms with Crippen molar-refractivity contribution in [2.45, 2.75) is 30.8 Å². The molecule has 0 aliphatic heterocycles. The highest BCUT2D eigenvalue weighted by atomic mass is 32.2. The molecular weight excluding hydrogens is 360 g/mol. The first kappa shape index (κ1) is 17.5. The number of nitrogens with one attached hydrogen (secondary N) is 1. The van der Waals surface area contributed by atoms with Crippen LogP contribution in [0.15, 0.2) is 63.3 Å². The number of fused-ring (bicyclic) bond motifs is 2. The average molecular weight is 378 g/mol. The quantitative estimate of drug-likeness (QED) is 0.434. The summed E-state index contributed by atoms with van der Waals surface area (Å²) in [6.07, 6.45) is 0. The van der Waals surface area contributed by atoms with Crippen LogP contribution in [0.3, 0.4) is 0 Å². The lowest BCUT2D eigenvalue weighted by Gasteiger charge is -2.16. The number of thioether (sulfide) groups is 1. The average Bonchev–Trinajstić information content (AvgIpc) is 2.66. The fourth-order valence-corrected chi connectivity index (χ4v) is 4.02. The smallest absolute Gasteiger partial charge is 0.262 e. The Balaban J connectivity index is 1.75. The summed E-state index contributed by atoms with van der Waals surface area (Å²) in [5.41, 5.74) is 1.11. The van der Waals surface area contributed by atoms with Crippen LogP contribution in [0, 0.1) is 0 Å². The number of nitrogens with zero attached hydrogens (tertiary/aromatic N) is 3. The normalized spacial score (nSPS) is 11.5. The fourth-order valence-electron chi connectivity index (χ4n) is 3.02. The third kappa shape index (κ3) is 3.26. The molecule has 2 aromatic heterocycles. The second kappa shape index (κ2) is 7.00. The summed E-state index contributed by atoms with van der Waals surface area (Å²) in [6.45, 7) is 3.91. The van der Waals surface area contributed by atoms with Crippen molar-refractivity contribution in [2.75, 3.05) is 0 Å². The number of rotatable bonds is 4. The van der Waals surface area contributed by atoms with Crippen LogP contribution in [0.25, 0.3) is 21.8 Å². The van der Waals surface area contributed by atoms with Gasteiger partial charge in [-0.1, -0.05) is 36.0 Å². The third-order valence-electron chi connectivity index (χ3n) is 4.29. The van der Waals surface area contributed by atoms with Gasteiger partial charge in [0, 0.05) is 6.04 Å². The van der Waals surface area contributed by atoms with Crippen molar-refractivity contribution < 1.29 is 0 Å². The van der Waals surface area contributed by atoms with Gasteiger partial charge in [0.05, 0.1) is 27.6 Å². The Hall–Kier alpha value is -2.93. The van der Waals surface area contributed by atoms with E-state index in [4.69, 9.17) is 0 Å². The molecule has 1 N–H and O–H groups in total. The van der Waals surface area contributed by atoms with Gasteiger partial charge < -0.3 is 4.98 Å². The Morgan fingerprint density at radius 1 is 0.963 bits per heavy atom.